The predicted molar refractivity (Wildman–Crippen MR) is 79.4 cm³/mol. The Morgan fingerprint density at radius 1 is 1.48 bits per heavy atom. The molecule has 0 atom stereocenters. The molecule has 0 spiro atoms. The Labute approximate surface area is 131 Å². The van der Waals surface area contributed by atoms with Gasteiger partial charge in [-0.1, -0.05) is 0 Å². The summed E-state index contributed by atoms with van der Waals surface area (Å²) in [4.78, 5) is 22.4. The number of nitrogens with zero attached hydrogens (tertiary/aromatic N) is 1. The molecule has 1 N–H and O–H groups in total. The van der Waals surface area contributed by atoms with Gasteiger partial charge in [-0.15, -0.1) is 0 Å². The Bertz CT molecular complexity index is 555. The maximum atomic E-state index is 11.5. The lowest BCUT2D eigenvalue weighted by atomic mass is 10.2. The zero-order chi connectivity index (χ0) is 15.7. The van der Waals surface area contributed by atoms with Gasteiger partial charge in [-0.3, -0.25) is 9.59 Å². The fourth-order valence-electron chi connectivity index (χ4n) is 1.51. The van der Waals surface area contributed by atoms with E-state index in [-0.39, 0.29) is 25.5 Å². The van der Waals surface area contributed by atoms with Gasteiger partial charge in [0.2, 0.25) is 0 Å². The van der Waals surface area contributed by atoms with E-state index in [1.807, 2.05) is 6.07 Å². The van der Waals surface area contributed by atoms with Crippen LogP contribution in [-0.2, 0) is 4.79 Å². The lowest BCUT2D eigenvalue weighted by Crippen LogP contribution is -2.29. The second-order valence-electron chi connectivity index (χ2n) is 3.93. The van der Waals surface area contributed by atoms with Gasteiger partial charge in [0.25, 0.3) is 5.91 Å². The van der Waals surface area contributed by atoms with Crippen LogP contribution in [0.15, 0.2) is 16.6 Å². The number of aldehydes is 1. The molecule has 1 aromatic carbocycles. The highest BCUT2D eigenvalue weighted by molar-refractivity contribution is 9.10. The first kappa shape index (κ1) is 17.0. The molecule has 0 aliphatic rings. The van der Waals surface area contributed by atoms with E-state index in [9.17, 15) is 9.59 Å². The van der Waals surface area contributed by atoms with E-state index in [0.29, 0.717) is 34.4 Å². The molecule has 1 rings (SSSR count). The first-order valence-electron chi connectivity index (χ1n) is 6.30. The number of benzene rings is 1. The minimum Gasteiger partial charge on any atom is -0.490 e. The van der Waals surface area contributed by atoms with E-state index >= 15 is 0 Å². The highest BCUT2D eigenvalue weighted by atomic mass is 79.9. The third kappa shape index (κ3) is 5.44. The van der Waals surface area contributed by atoms with E-state index < -0.39 is 0 Å². The van der Waals surface area contributed by atoms with Crippen LogP contribution in [0.2, 0.25) is 0 Å². The van der Waals surface area contributed by atoms with Crippen LogP contribution in [0.5, 0.6) is 11.5 Å². The van der Waals surface area contributed by atoms with E-state index in [1.54, 1.807) is 19.1 Å². The number of nitrogens with one attached hydrogen (secondary N) is 1. The van der Waals surface area contributed by atoms with Crippen LogP contribution in [0.4, 0.5) is 0 Å². The molecule has 21 heavy (non-hydrogen) atoms. The van der Waals surface area contributed by atoms with Gasteiger partial charge in [-0.25, -0.2) is 0 Å². The van der Waals surface area contributed by atoms with Crippen molar-refractivity contribution in [3.63, 3.8) is 0 Å². The maximum Gasteiger partial charge on any atom is 0.257 e. The predicted octanol–water partition coefficient (Wildman–Crippen LogP) is 2.07. The average Bonchev–Trinajstić information content (AvgIpc) is 2.46. The first-order valence-corrected chi connectivity index (χ1v) is 7.09. The maximum absolute atomic E-state index is 11.5. The summed E-state index contributed by atoms with van der Waals surface area (Å²) >= 11 is 3.28. The van der Waals surface area contributed by atoms with Crippen molar-refractivity contribution < 1.29 is 19.1 Å². The van der Waals surface area contributed by atoms with Crippen molar-refractivity contribution in [3.8, 4) is 17.6 Å². The standard InChI is InChI=1S/C14H15BrN2O4/c1-2-20-12-7-10(8-18)6-11(15)14(12)21-9-13(19)17-5-3-4-16/h6-8H,2-3,5,9H2,1H3,(H,17,19). The summed E-state index contributed by atoms with van der Waals surface area (Å²) in [6.07, 6.45) is 0.944. The summed E-state index contributed by atoms with van der Waals surface area (Å²) < 4.78 is 11.4. The molecule has 0 bridgehead atoms. The van der Waals surface area contributed by atoms with Crippen molar-refractivity contribution >= 4 is 28.1 Å². The van der Waals surface area contributed by atoms with Gasteiger partial charge >= 0.3 is 0 Å². The second-order valence-corrected chi connectivity index (χ2v) is 4.78. The monoisotopic (exact) mass is 354 g/mol. The number of carbonyl (C=O) groups is 2. The van der Waals surface area contributed by atoms with E-state index in [4.69, 9.17) is 14.7 Å². The molecule has 7 heteroatoms. The minimum atomic E-state index is -0.334. The van der Waals surface area contributed by atoms with Crippen molar-refractivity contribution in [2.45, 2.75) is 13.3 Å². The molecule has 112 valence electrons. The molecule has 0 aliphatic carbocycles. The quantitative estimate of drug-likeness (QED) is 0.570. The van der Waals surface area contributed by atoms with Gasteiger partial charge in [0.05, 0.1) is 23.6 Å². The average molecular weight is 355 g/mol. The number of rotatable bonds is 8. The summed E-state index contributed by atoms with van der Waals surface area (Å²) in [6.45, 7) is 2.28. The van der Waals surface area contributed by atoms with Crippen molar-refractivity contribution in [2.24, 2.45) is 0 Å². The Hall–Kier alpha value is -2.07. The molecular weight excluding hydrogens is 340 g/mol. The lowest BCUT2D eigenvalue weighted by Gasteiger charge is -2.14. The van der Waals surface area contributed by atoms with Crippen LogP contribution in [0.25, 0.3) is 0 Å². The fraction of sp³-hybridized carbons (Fsp3) is 0.357. The summed E-state index contributed by atoms with van der Waals surface area (Å²) in [5.41, 5.74) is 0.441. The number of halogens is 1. The van der Waals surface area contributed by atoms with E-state index in [0.717, 1.165) is 0 Å². The summed E-state index contributed by atoms with van der Waals surface area (Å²) in [5.74, 6) is 0.413. The van der Waals surface area contributed by atoms with Gasteiger partial charge in [0.1, 0.15) is 6.29 Å². The van der Waals surface area contributed by atoms with Gasteiger partial charge in [0, 0.05) is 12.1 Å². The molecule has 1 amide bonds. The Morgan fingerprint density at radius 2 is 2.24 bits per heavy atom. The van der Waals surface area contributed by atoms with Crippen LogP contribution < -0.4 is 14.8 Å². The van der Waals surface area contributed by atoms with Crippen LogP contribution in [0, 0.1) is 11.3 Å². The molecule has 1 aromatic rings. The third-order valence-electron chi connectivity index (χ3n) is 2.37. The van der Waals surface area contributed by atoms with Crippen molar-refractivity contribution in [1.82, 2.24) is 5.32 Å². The van der Waals surface area contributed by atoms with Gasteiger partial charge < -0.3 is 14.8 Å². The Morgan fingerprint density at radius 3 is 2.86 bits per heavy atom. The zero-order valence-corrected chi connectivity index (χ0v) is 13.1. The van der Waals surface area contributed by atoms with E-state index in [1.165, 1.54) is 0 Å². The largest absolute Gasteiger partial charge is 0.490 e. The van der Waals surface area contributed by atoms with E-state index in [2.05, 4.69) is 21.2 Å². The van der Waals surface area contributed by atoms with Crippen molar-refractivity contribution in [3.05, 3.63) is 22.2 Å². The molecule has 0 unspecified atom stereocenters. The number of nitriles is 1. The van der Waals surface area contributed by atoms with Gasteiger partial charge in [-0.05, 0) is 35.0 Å². The smallest absolute Gasteiger partial charge is 0.257 e. The van der Waals surface area contributed by atoms with Crippen molar-refractivity contribution in [2.75, 3.05) is 19.8 Å². The first-order chi connectivity index (χ1) is 10.1. The van der Waals surface area contributed by atoms with Gasteiger partial charge in [-0.2, -0.15) is 5.26 Å². The highest BCUT2D eigenvalue weighted by Crippen LogP contribution is 2.36. The number of hydrogen-bond donors (Lipinski definition) is 1. The lowest BCUT2D eigenvalue weighted by molar-refractivity contribution is -0.123. The molecule has 0 aliphatic heterocycles. The zero-order valence-electron chi connectivity index (χ0n) is 11.5. The molecule has 0 saturated heterocycles. The molecular formula is C14H15BrN2O4. The van der Waals surface area contributed by atoms with Crippen LogP contribution in [0.3, 0.4) is 0 Å². The number of amides is 1. The fourth-order valence-corrected chi connectivity index (χ4v) is 2.08. The molecule has 6 nitrogen and oxygen atoms in total. The minimum absolute atomic E-state index is 0.204. The van der Waals surface area contributed by atoms with Gasteiger partial charge in [0.15, 0.2) is 18.1 Å². The number of carbonyl (C=O) groups excluding carboxylic acids is 2. The number of hydrogen-bond acceptors (Lipinski definition) is 5. The van der Waals surface area contributed by atoms with Crippen LogP contribution >= 0.6 is 15.9 Å². The molecule has 0 aromatic heterocycles. The summed E-state index contributed by atoms with van der Waals surface area (Å²) in [7, 11) is 0. The molecule has 0 fully saturated rings. The Balaban J connectivity index is 2.75. The summed E-state index contributed by atoms with van der Waals surface area (Å²) in [6, 6.07) is 5.06. The molecule has 0 saturated carbocycles. The van der Waals surface area contributed by atoms with Crippen LogP contribution in [0.1, 0.15) is 23.7 Å². The van der Waals surface area contributed by atoms with Crippen molar-refractivity contribution in [1.29, 1.82) is 5.26 Å². The molecule has 0 heterocycles. The van der Waals surface area contributed by atoms with Crippen LogP contribution in [-0.4, -0.2) is 32.0 Å². The number of ether oxygens (including phenoxy) is 2. The second kappa shape index (κ2) is 8.97. The Kier molecular flexibility index (Phi) is 7.26. The third-order valence-corrected chi connectivity index (χ3v) is 2.96. The topological polar surface area (TPSA) is 88.4 Å². The normalized spacial score (nSPS) is 9.57. The SMILES string of the molecule is CCOc1cc(C=O)cc(Br)c1OCC(=O)NCCC#N. The molecule has 0 radical (unpaired) electrons. The summed E-state index contributed by atoms with van der Waals surface area (Å²) in [5, 5.41) is 10.9. The highest BCUT2D eigenvalue weighted by Gasteiger charge is 2.13.